The summed E-state index contributed by atoms with van der Waals surface area (Å²) in [5.74, 6) is -0.502. The lowest BCUT2D eigenvalue weighted by Crippen LogP contribution is -2.23. The first kappa shape index (κ1) is 33.4. The van der Waals surface area contributed by atoms with Crippen LogP contribution < -0.4 is 0 Å². The van der Waals surface area contributed by atoms with Gasteiger partial charge in [-0.05, 0) is 11.8 Å². The highest BCUT2D eigenvalue weighted by Crippen LogP contribution is 2.15. The van der Waals surface area contributed by atoms with Gasteiger partial charge in [0.15, 0.2) is 0 Å². The molecule has 0 aliphatic rings. The standard InChI is InChI=1S/2C4H10.C3H3F3O2.2CH2O3/c2*1-4(2)3;1-8-2(7)3(4,5)6;2*2-1(3)4/h2*4H,1-3H3;1H3;2*(H2,2,3,4). The summed E-state index contributed by atoms with van der Waals surface area (Å²) in [5, 5.41) is 27.9. The van der Waals surface area contributed by atoms with Crippen molar-refractivity contribution in [3.8, 4) is 0 Å². The third-order valence-corrected chi connectivity index (χ3v) is 0.417. The molecule has 0 saturated heterocycles. The number of alkyl halides is 3. The number of carbonyl (C=O) groups is 3. The monoisotopic (exact) mass is 368 g/mol. The van der Waals surface area contributed by atoms with Crippen molar-refractivity contribution >= 4 is 18.3 Å². The van der Waals surface area contributed by atoms with Crippen molar-refractivity contribution < 1.29 is 52.7 Å². The van der Waals surface area contributed by atoms with Gasteiger partial charge in [0.25, 0.3) is 0 Å². The lowest BCUT2D eigenvalue weighted by Gasteiger charge is -1.99. The molecule has 0 fully saturated rings. The summed E-state index contributed by atoms with van der Waals surface area (Å²) in [6, 6.07) is 0. The number of carboxylic acid groups (broad SMARTS) is 4. The molecule has 0 radical (unpaired) electrons. The molecule has 0 atom stereocenters. The first-order valence-electron chi connectivity index (χ1n) is 6.40. The third-order valence-electron chi connectivity index (χ3n) is 0.417. The van der Waals surface area contributed by atoms with Crippen LogP contribution in [0.3, 0.4) is 0 Å². The molecule has 148 valence electrons. The topological polar surface area (TPSA) is 141 Å². The SMILES string of the molecule is CC(C)C.CC(C)C.COC(=O)C(F)(F)F.O=C(O)O.O=C(O)O. The Hall–Kier alpha value is -2.20. The molecule has 11 heteroatoms. The molecule has 24 heavy (non-hydrogen) atoms. The first-order valence-corrected chi connectivity index (χ1v) is 6.40. The van der Waals surface area contributed by atoms with Crippen LogP contribution in [-0.2, 0) is 9.53 Å². The highest BCUT2D eigenvalue weighted by Gasteiger charge is 2.39. The Kier molecular flexibility index (Phi) is 29.0. The van der Waals surface area contributed by atoms with E-state index in [0.29, 0.717) is 7.11 Å². The van der Waals surface area contributed by atoms with Gasteiger partial charge in [-0.15, -0.1) is 0 Å². The predicted molar refractivity (Wildman–Crippen MR) is 80.4 cm³/mol. The van der Waals surface area contributed by atoms with Crippen LogP contribution in [-0.4, -0.2) is 52.0 Å². The Bertz CT molecular complexity index is 283. The molecule has 0 bridgehead atoms. The van der Waals surface area contributed by atoms with Gasteiger partial charge >= 0.3 is 24.5 Å². The van der Waals surface area contributed by atoms with Gasteiger partial charge in [-0.2, -0.15) is 13.2 Å². The molecule has 0 spiro atoms. The largest absolute Gasteiger partial charge is 0.503 e. The van der Waals surface area contributed by atoms with Gasteiger partial charge in [-0.1, -0.05) is 41.5 Å². The Labute approximate surface area is 138 Å². The minimum atomic E-state index is -4.85. The average Bonchev–Trinajstić information content (AvgIpc) is 2.23. The fourth-order valence-electron chi connectivity index (χ4n) is 0.116. The molecule has 0 amide bonds. The van der Waals surface area contributed by atoms with E-state index in [1.54, 1.807) is 0 Å². The summed E-state index contributed by atoms with van der Waals surface area (Å²) in [6.07, 6.45) is -8.52. The van der Waals surface area contributed by atoms with Gasteiger partial charge in [0.05, 0.1) is 7.11 Å². The lowest BCUT2D eigenvalue weighted by atomic mass is 10.3. The summed E-state index contributed by atoms with van der Waals surface area (Å²) in [5.41, 5.74) is 0. The van der Waals surface area contributed by atoms with E-state index in [9.17, 15) is 18.0 Å². The highest BCUT2D eigenvalue weighted by atomic mass is 19.4. The highest BCUT2D eigenvalue weighted by molar-refractivity contribution is 5.75. The molecule has 4 N–H and O–H groups in total. The molecule has 8 nitrogen and oxygen atoms in total. The van der Waals surface area contributed by atoms with Crippen molar-refractivity contribution in [3.05, 3.63) is 0 Å². The number of ether oxygens (including phenoxy) is 1. The van der Waals surface area contributed by atoms with Gasteiger partial charge in [-0.3, -0.25) is 0 Å². The maximum atomic E-state index is 11.0. The van der Waals surface area contributed by atoms with Gasteiger partial charge in [0.2, 0.25) is 0 Å². The second kappa shape index (κ2) is 20.8. The second-order valence-corrected chi connectivity index (χ2v) is 5.02. The van der Waals surface area contributed by atoms with E-state index < -0.39 is 24.5 Å². The summed E-state index contributed by atoms with van der Waals surface area (Å²) in [6.45, 7) is 13.0. The Morgan fingerprint density at radius 1 is 0.750 bits per heavy atom. The molecule has 0 unspecified atom stereocenters. The van der Waals surface area contributed by atoms with Crippen LogP contribution in [0.25, 0.3) is 0 Å². The average molecular weight is 368 g/mol. The zero-order chi connectivity index (χ0) is 21.1. The molecule has 0 aromatic rings. The summed E-state index contributed by atoms with van der Waals surface area (Å²) in [4.78, 5) is 26.6. The number of methoxy groups -OCH3 is 1. The molecular weight excluding hydrogens is 341 g/mol. The molecule has 0 aromatic heterocycles. The van der Waals surface area contributed by atoms with Gasteiger partial charge in [-0.25, -0.2) is 14.4 Å². The fourth-order valence-corrected chi connectivity index (χ4v) is 0.116. The van der Waals surface area contributed by atoms with Crippen LogP contribution in [0, 0.1) is 11.8 Å². The fraction of sp³-hybridized carbons (Fsp3) is 0.769. The van der Waals surface area contributed by atoms with E-state index in [-0.39, 0.29) is 0 Å². The number of esters is 1. The maximum absolute atomic E-state index is 11.0. The van der Waals surface area contributed by atoms with Crippen LogP contribution in [0.2, 0.25) is 0 Å². The van der Waals surface area contributed by atoms with Gasteiger partial charge in [0, 0.05) is 0 Å². The predicted octanol–water partition coefficient (Wildman–Crippen LogP) is 4.49. The molecule has 0 heterocycles. The number of carbonyl (C=O) groups excluding carboxylic acids is 1. The number of hydrogen-bond acceptors (Lipinski definition) is 4. The lowest BCUT2D eigenvalue weighted by molar-refractivity contribution is -0.196. The van der Waals surface area contributed by atoms with Crippen LogP contribution in [0.5, 0.6) is 0 Å². The van der Waals surface area contributed by atoms with Crippen LogP contribution in [0.4, 0.5) is 22.8 Å². The van der Waals surface area contributed by atoms with Crippen molar-refractivity contribution in [2.45, 2.75) is 47.7 Å². The van der Waals surface area contributed by atoms with Gasteiger partial charge < -0.3 is 25.2 Å². The van der Waals surface area contributed by atoms with E-state index in [1.807, 2.05) is 0 Å². The quantitative estimate of drug-likeness (QED) is 0.458. The number of rotatable bonds is 0. The summed E-state index contributed by atoms with van der Waals surface area (Å²) in [7, 11) is 0.676. The van der Waals surface area contributed by atoms with Crippen molar-refractivity contribution in [3.63, 3.8) is 0 Å². The van der Waals surface area contributed by atoms with E-state index >= 15 is 0 Å². The Morgan fingerprint density at radius 3 is 0.875 bits per heavy atom. The Morgan fingerprint density at radius 2 is 0.875 bits per heavy atom. The van der Waals surface area contributed by atoms with Crippen LogP contribution in [0.1, 0.15) is 41.5 Å². The minimum Gasteiger partial charge on any atom is -0.462 e. The van der Waals surface area contributed by atoms with Crippen molar-refractivity contribution in [2.75, 3.05) is 7.11 Å². The number of halogens is 3. The molecule has 0 saturated carbocycles. The molecule has 0 rings (SSSR count). The normalized spacial score (nSPS) is 8.67. The van der Waals surface area contributed by atoms with Gasteiger partial charge in [0.1, 0.15) is 0 Å². The number of hydrogen-bond donors (Lipinski definition) is 4. The van der Waals surface area contributed by atoms with E-state index in [2.05, 4.69) is 46.3 Å². The smallest absolute Gasteiger partial charge is 0.462 e. The van der Waals surface area contributed by atoms with Crippen molar-refractivity contribution in [1.29, 1.82) is 0 Å². The summed E-state index contributed by atoms with van der Waals surface area (Å²) >= 11 is 0. The van der Waals surface area contributed by atoms with Crippen LogP contribution in [0.15, 0.2) is 0 Å². The van der Waals surface area contributed by atoms with Crippen molar-refractivity contribution in [2.24, 2.45) is 11.8 Å². The van der Waals surface area contributed by atoms with E-state index in [4.69, 9.17) is 30.0 Å². The first-order chi connectivity index (χ1) is 10.4. The maximum Gasteiger partial charge on any atom is 0.503 e. The van der Waals surface area contributed by atoms with Crippen molar-refractivity contribution in [1.82, 2.24) is 0 Å². The zero-order valence-corrected chi connectivity index (χ0v) is 14.7. The second-order valence-electron chi connectivity index (χ2n) is 5.02. The molecule has 0 aromatic carbocycles. The van der Waals surface area contributed by atoms with E-state index in [1.165, 1.54) is 0 Å². The third kappa shape index (κ3) is 208. The Balaban J connectivity index is -0.0000000657. The minimum absolute atomic E-state index is 0.676. The molecule has 0 aliphatic heterocycles. The van der Waals surface area contributed by atoms with E-state index in [0.717, 1.165) is 11.8 Å². The molecular formula is C13H27F3O8. The zero-order valence-electron chi connectivity index (χ0n) is 14.7. The van der Waals surface area contributed by atoms with Crippen LogP contribution >= 0.6 is 0 Å². The molecule has 0 aliphatic carbocycles. The summed E-state index contributed by atoms with van der Waals surface area (Å²) < 4.78 is 36.3.